The first-order valence-corrected chi connectivity index (χ1v) is 5.97. The monoisotopic (exact) mass is 270 g/mol. The van der Waals surface area contributed by atoms with Crippen LogP contribution in [0.5, 0.6) is 5.75 Å². The molecule has 0 spiro atoms. The molecule has 0 unspecified atom stereocenters. The van der Waals surface area contributed by atoms with Crippen LogP contribution in [0.25, 0.3) is 0 Å². The maximum atomic E-state index is 12.0. The highest BCUT2D eigenvalue weighted by atomic mass is 35.5. The molecule has 5 heteroatoms. The largest absolute Gasteiger partial charge is 0.508 e. The minimum absolute atomic E-state index is 0. The molecule has 100 valence electrons. The topological polar surface area (TPSA) is 66.6 Å². The van der Waals surface area contributed by atoms with Gasteiger partial charge < -0.3 is 15.7 Å². The number of fused-ring (bicyclic) bond motifs is 1. The number of carbonyl (C=O) groups is 1. The number of benzene rings is 1. The van der Waals surface area contributed by atoms with Crippen LogP contribution in [0.1, 0.15) is 24.5 Å². The third kappa shape index (κ3) is 2.94. The Morgan fingerprint density at radius 3 is 2.89 bits per heavy atom. The van der Waals surface area contributed by atoms with Crippen LogP contribution in [-0.4, -0.2) is 28.5 Å². The third-order valence-electron chi connectivity index (χ3n) is 3.27. The molecular formula is C13H19ClN2O2. The van der Waals surface area contributed by atoms with E-state index in [9.17, 15) is 9.90 Å². The lowest BCUT2D eigenvalue weighted by Crippen LogP contribution is -2.45. The Labute approximate surface area is 113 Å². The molecule has 0 saturated heterocycles. The molecule has 0 bridgehead atoms. The summed E-state index contributed by atoms with van der Waals surface area (Å²) in [5.41, 5.74) is 7.98. The van der Waals surface area contributed by atoms with E-state index in [2.05, 4.69) is 0 Å². The van der Waals surface area contributed by atoms with Crippen molar-refractivity contribution in [3.63, 3.8) is 0 Å². The van der Waals surface area contributed by atoms with Gasteiger partial charge in [-0.05, 0) is 36.1 Å². The number of nitrogens with zero attached hydrogens (tertiary/aromatic N) is 1. The zero-order valence-corrected chi connectivity index (χ0v) is 11.2. The number of phenolic OH excluding ortho intramolecular Hbond substituents is 1. The van der Waals surface area contributed by atoms with Gasteiger partial charge in [-0.15, -0.1) is 12.4 Å². The average molecular weight is 271 g/mol. The molecule has 2 rings (SSSR count). The molecule has 1 heterocycles. The number of rotatable bonds is 2. The summed E-state index contributed by atoms with van der Waals surface area (Å²) >= 11 is 0. The van der Waals surface area contributed by atoms with Crippen molar-refractivity contribution in [2.75, 3.05) is 6.54 Å². The van der Waals surface area contributed by atoms with Crippen molar-refractivity contribution < 1.29 is 9.90 Å². The number of amides is 1. The van der Waals surface area contributed by atoms with Gasteiger partial charge in [0, 0.05) is 13.1 Å². The number of carbonyl (C=O) groups excluding carboxylic acids is 1. The van der Waals surface area contributed by atoms with E-state index in [4.69, 9.17) is 5.73 Å². The zero-order valence-electron chi connectivity index (χ0n) is 10.4. The summed E-state index contributed by atoms with van der Waals surface area (Å²) in [6.07, 6.45) is 1.49. The van der Waals surface area contributed by atoms with Gasteiger partial charge in [0.1, 0.15) is 5.75 Å². The summed E-state index contributed by atoms with van der Waals surface area (Å²) in [4.78, 5) is 13.7. The number of hydrogen-bond acceptors (Lipinski definition) is 3. The summed E-state index contributed by atoms with van der Waals surface area (Å²) in [5.74, 6) is 0.249. The van der Waals surface area contributed by atoms with E-state index >= 15 is 0 Å². The van der Waals surface area contributed by atoms with Crippen molar-refractivity contribution in [1.29, 1.82) is 0 Å². The highest BCUT2D eigenvalue weighted by molar-refractivity contribution is 5.85. The summed E-state index contributed by atoms with van der Waals surface area (Å²) < 4.78 is 0. The number of aromatic hydroxyl groups is 1. The van der Waals surface area contributed by atoms with Crippen molar-refractivity contribution >= 4 is 18.3 Å². The standard InChI is InChI=1S/C13H18N2O2.ClH/c1-2-12(14)13(17)15-6-5-9-3-4-11(16)7-10(9)8-15;/h3-4,7,12,16H,2,5-6,8,14H2,1H3;1H/t12-;/m0./s1. The average Bonchev–Trinajstić information content (AvgIpc) is 2.36. The fourth-order valence-corrected chi connectivity index (χ4v) is 2.14. The molecular weight excluding hydrogens is 252 g/mol. The Balaban J connectivity index is 0.00000162. The molecule has 1 aliphatic rings. The molecule has 1 aliphatic heterocycles. The molecule has 1 amide bonds. The minimum atomic E-state index is -0.408. The first kappa shape index (κ1) is 14.8. The van der Waals surface area contributed by atoms with Crippen molar-refractivity contribution in [3.8, 4) is 5.75 Å². The smallest absolute Gasteiger partial charge is 0.239 e. The molecule has 1 atom stereocenters. The Morgan fingerprint density at radius 1 is 1.50 bits per heavy atom. The highest BCUT2D eigenvalue weighted by Crippen LogP contribution is 2.23. The lowest BCUT2D eigenvalue weighted by atomic mass is 9.99. The number of nitrogens with two attached hydrogens (primary N) is 1. The Morgan fingerprint density at radius 2 is 2.22 bits per heavy atom. The van der Waals surface area contributed by atoms with E-state index in [1.165, 1.54) is 5.56 Å². The van der Waals surface area contributed by atoms with E-state index in [1.54, 1.807) is 17.0 Å². The Hall–Kier alpha value is -1.26. The lowest BCUT2D eigenvalue weighted by Gasteiger charge is -2.30. The van der Waals surface area contributed by atoms with Crippen molar-refractivity contribution in [2.45, 2.75) is 32.4 Å². The fraction of sp³-hybridized carbons (Fsp3) is 0.462. The molecule has 1 aromatic rings. The normalized spacial score (nSPS) is 15.6. The van der Waals surface area contributed by atoms with E-state index in [-0.39, 0.29) is 24.1 Å². The number of phenols is 1. The van der Waals surface area contributed by atoms with E-state index < -0.39 is 6.04 Å². The number of hydrogen-bond donors (Lipinski definition) is 2. The van der Waals surface area contributed by atoms with Crippen molar-refractivity contribution in [1.82, 2.24) is 4.90 Å². The van der Waals surface area contributed by atoms with Crippen LogP contribution in [0, 0.1) is 0 Å². The number of halogens is 1. The molecule has 1 aromatic carbocycles. The van der Waals surface area contributed by atoms with E-state index in [1.807, 2.05) is 13.0 Å². The van der Waals surface area contributed by atoms with Crippen LogP contribution >= 0.6 is 12.4 Å². The van der Waals surface area contributed by atoms with Gasteiger partial charge in [-0.1, -0.05) is 13.0 Å². The summed E-state index contributed by atoms with van der Waals surface area (Å²) in [6.45, 7) is 3.17. The van der Waals surface area contributed by atoms with Gasteiger partial charge in [0.15, 0.2) is 0 Å². The fourth-order valence-electron chi connectivity index (χ4n) is 2.14. The molecule has 18 heavy (non-hydrogen) atoms. The highest BCUT2D eigenvalue weighted by Gasteiger charge is 2.24. The molecule has 0 aliphatic carbocycles. The minimum Gasteiger partial charge on any atom is -0.508 e. The second-order valence-electron chi connectivity index (χ2n) is 4.48. The zero-order chi connectivity index (χ0) is 12.4. The van der Waals surface area contributed by atoms with Crippen LogP contribution in [0.3, 0.4) is 0 Å². The van der Waals surface area contributed by atoms with Crippen molar-refractivity contribution in [2.24, 2.45) is 5.73 Å². The van der Waals surface area contributed by atoms with Gasteiger partial charge in [-0.3, -0.25) is 4.79 Å². The molecule has 3 N–H and O–H groups in total. The maximum Gasteiger partial charge on any atom is 0.239 e. The second kappa shape index (κ2) is 6.07. The summed E-state index contributed by atoms with van der Waals surface area (Å²) in [5, 5.41) is 9.44. The van der Waals surface area contributed by atoms with Crippen LogP contribution in [0.2, 0.25) is 0 Å². The summed E-state index contributed by atoms with van der Waals surface area (Å²) in [7, 11) is 0. The Bertz CT molecular complexity index is 437. The third-order valence-corrected chi connectivity index (χ3v) is 3.27. The molecule has 4 nitrogen and oxygen atoms in total. The predicted octanol–water partition coefficient (Wildman–Crippen LogP) is 1.44. The molecule has 0 fully saturated rings. The van der Waals surface area contributed by atoms with Gasteiger partial charge in [-0.25, -0.2) is 0 Å². The predicted molar refractivity (Wildman–Crippen MR) is 72.7 cm³/mol. The van der Waals surface area contributed by atoms with Crippen LogP contribution < -0.4 is 5.73 Å². The van der Waals surface area contributed by atoms with Crippen molar-refractivity contribution in [3.05, 3.63) is 29.3 Å². The van der Waals surface area contributed by atoms with Gasteiger partial charge >= 0.3 is 0 Å². The van der Waals surface area contributed by atoms with Gasteiger partial charge in [0.2, 0.25) is 5.91 Å². The summed E-state index contributed by atoms with van der Waals surface area (Å²) in [6, 6.07) is 4.93. The maximum absolute atomic E-state index is 12.0. The molecule has 0 aromatic heterocycles. The Kier molecular flexibility index (Phi) is 4.99. The first-order valence-electron chi connectivity index (χ1n) is 5.97. The van der Waals surface area contributed by atoms with Gasteiger partial charge in [-0.2, -0.15) is 0 Å². The van der Waals surface area contributed by atoms with Crippen LogP contribution in [-0.2, 0) is 17.8 Å². The second-order valence-corrected chi connectivity index (χ2v) is 4.48. The van der Waals surface area contributed by atoms with Gasteiger partial charge in [0.05, 0.1) is 6.04 Å². The quantitative estimate of drug-likeness (QED) is 0.855. The first-order chi connectivity index (χ1) is 8.11. The van der Waals surface area contributed by atoms with Gasteiger partial charge in [0.25, 0.3) is 0 Å². The molecule has 0 radical (unpaired) electrons. The molecule has 0 saturated carbocycles. The van der Waals surface area contributed by atoms with E-state index in [0.29, 0.717) is 19.5 Å². The van der Waals surface area contributed by atoms with Crippen LogP contribution in [0.4, 0.5) is 0 Å². The SMILES string of the molecule is CC[C@H](N)C(=O)N1CCc2ccc(O)cc2C1.Cl. The van der Waals surface area contributed by atoms with Crippen LogP contribution in [0.15, 0.2) is 18.2 Å². The lowest BCUT2D eigenvalue weighted by molar-refractivity contribution is -0.133. The van der Waals surface area contributed by atoms with E-state index in [0.717, 1.165) is 12.0 Å².